The van der Waals surface area contributed by atoms with Gasteiger partial charge in [0.25, 0.3) is 0 Å². The molecule has 6 heteroatoms. The van der Waals surface area contributed by atoms with E-state index in [2.05, 4.69) is 15.5 Å². The molecule has 0 unspecified atom stereocenters. The van der Waals surface area contributed by atoms with Crippen molar-refractivity contribution < 1.29 is 13.9 Å². The summed E-state index contributed by atoms with van der Waals surface area (Å²) in [6, 6.07) is 8.02. The highest BCUT2D eigenvalue weighted by molar-refractivity contribution is 5.34. The van der Waals surface area contributed by atoms with Gasteiger partial charge in [0.05, 0.1) is 12.7 Å². The summed E-state index contributed by atoms with van der Waals surface area (Å²) in [5, 5.41) is 10.7. The van der Waals surface area contributed by atoms with Crippen molar-refractivity contribution in [3.05, 3.63) is 47.9 Å². The molecule has 0 amide bonds. The maximum atomic E-state index is 13.8. The molecule has 1 aromatic heterocycles. The lowest BCUT2D eigenvalue weighted by Crippen LogP contribution is -2.33. The summed E-state index contributed by atoms with van der Waals surface area (Å²) in [5.74, 6) is -0.0633. The molecule has 1 atom stereocenters. The Morgan fingerprint density at radius 2 is 2.30 bits per heavy atom. The molecular formula is C14H14FN3O2. The van der Waals surface area contributed by atoms with E-state index in [9.17, 15) is 4.39 Å². The van der Waals surface area contributed by atoms with Crippen molar-refractivity contribution in [2.75, 3.05) is 19.7 Å². The van der Waals surface area contributed by atoms with Gasteiger partial charge < -0.3 is 14.8 Å². The summed E-state index contributed by atoms with van der Waals surface area (Å²) < 4.78 is 24.8. The van der Waals surface area contributed by atoms with Crippen molar-refractivity contribution in [2.45, 2.75) is 6.10 Å². The Labute approximate surface area is 115 Å². The standard InChI is InChI=1S/C14H14FN3O2/c15-11-4-3-10(13-9-16-6-7-19-13)8-12(11)20-14-2-1-5-17-18-14/h1-5,8,13,16H,6-7,9H2/t13-/m0/s1. The molecule has 2 heterocycles. The van der Waals surface area contributed by atoms with Crippen LogP contribution < -0.4 is 10.1 Å². The monoisotopic (exact) mass is 275 g/mol. The Hall–Kier alpha value is -2.05. The normalized spacial score (nSPS) is 18.8. The lowest BCUT2D eigenvalue weighted by molar-refractivity contribution is 0.0275. The minimum Gasteiger partial charge on any atom is -0.434 e. The number of ether oxygens (including phenoxy) is 2. The molecule has 2 aromatic rings. The highest BCUT2D eigenvalue weighted by Gasteiger charge is 2.18. The first kappa shape index (κ1) is 13.0. The maximum absolute atomic E-state index is 13.8. The van der Waals surface area contributed by atoms with E-state index in [4.69, 9.17) is 9.47 Å². The third-order valence-electron chi connectivity index (χ3n) is 3.02. The van der Waals surface area contributed by atoms with Crippen LogP contribution in [-0.2, 0) is 4.74 Å². The van der Waals surface area contributed by atoms with Gasteiger partial charge in [-0.15, -0.1) is 5.10 Å². The van der Waals surface area contributed by atoms with Gasteiger partial charge in [-0.05, 0) is 23.8 Å². The van der Waals surface area contributed by atoms with E-state index in [1.54, 1.807) is 24.3 Å². The highest BCUT2D eigenvalue weighted by Crippen LogP contribution is 2.28. The van der Waals surface area contributed by atoms with Crippen LogP contribution in [0.4, 0.5) is 4.39 Å². The van der Waals surface area contributed by atoms with E-state index >= 15 is 0 Å². The number of aromatic nitrogens is 2. The van der Waals surface area contributed by atoms with Crippen LogP contribution in [0.3, 0.4) is 0 Å². The zero-order valence-corrected chi connectivity index (χ0v) is 10.8. The van der Waals surface area contributed by atoms with Crippen molar-refractivity contribution in [1.29, 1.82) is 0 Å². The van der Waals surface area contributed by atoms with E-state index in [0.29, 0.717) is 13.2 Å². The van der Waals surface area contributed by atoms with E-state index in [-0.39, 0.29) is 17.7 Å². The molecule has 3 rings (SSSR count). The Morgan fingerprint density at radius 3 is 3.05 bits per heavy atom. The van der Waals surface area contributed by atoms with Gasteiger partial charge in [-0.3, -0.25) is 0 Å². The number of hydrogen-bond donors (Lipinski definition) is 1. The molecule has 1 aliphatic rings. The summed E-state index contributed by atoms with van der Waals surface area (Å²) in [6.45, 7) is 2.18. The van der Waals surface area contributed by atoms with Gasteiger partial charge in [-0.25, -0.2) is 4.39 Å². The molecule has 20 heavy (non-hydrogen) atoms. The van der Waals surface area contributed by atoms with Gasteiger partial charge in [-0.2, -0.15) is 5.10 Å². The third-order valence-corrected chi connectivity index (χ3v) is 3.02. The average molecular weight is 275 g/mol. The van der Waals surface area contributed by atoms with Crippen molar-refractivity contribution >= 4 is 0 Å². The predicted octanol–water partition coefficient (Wildman–Crippen LogP) is 2.07. The molecule has 104 valence electrons. The average Bonchev–Trinajstić information content (AvgIpc) is 2.51. The summed E-state index contributed by atoms with van der Waals surface area (Å²) in [5.41, 5.74) is 0.873. The van der Waals surface area contributed by atoms with Crippen LogP contribution in [0.25, 0.3) is 0 Å². The number of morpholine rings is 1. The largest absolute Gasteiger partial charge is 0.434 e. The van der Waals surface area contributed by atoms with Crippen LogP contribution in [0.1, 0.15) is 11.7 Å². The van der Waals surface area contributed by atoms with E-state index in [1.807, 2.05) is 0 Å². The van der Waals surface area contributed by atoms with Crippen LogP contribution in [0.5, 0.6) is 11.6 Å². The lowest BCUT2D eigenvalue weighted by Gasteiger charge is -2.24. The minimum atomic E-state index is -0.442. The zero-order valence-electron chi connectivity index (χ0n) is 10.8. The molecular weight excluding hydrogens is 261 g/mol. The fraction of sp³-hybridized carbons (Fsp3) is 0.286. The molecule has 0 aliphatic carbocycles. The van der Waals surface area contributed by atoms with Crippen LogP contribution in [0.2, 0.25) is 0 Å². The second-order valence-electron chi connectivity index (χ2n) is 4.42. The van der Waals surface area contributed by atoms with Gasteiger partial charge >= 0.3 is 0 Å². The number of rotatable bonds is 3. The first-order valence-corrected chi connectivity index (χ1v) is 6.40. The smallest absolute Gasteiger partial charge is 0.238 e. The molecule has 1 saturated heterocycles. The molecule has 1 N–H and O–H groups in total. The predicted molar refractivity (Wildman–Crippen MR) is 70.1 cm³/mol. The van der Waals surface area contributed by atoms with Gasteiger partial charge in [0.2, 0.25) is 5.88 Å². The molecule has 0 saturated carbocycles. The fourth-order valence-corrected chi connectivity index (χ4v) is 2.03. The Kier molecular flexibility index (Phi) is 3.85. The number of benzene rings is 1. The minimum absolute atomic E-state index is 0.0893. The van der Waals surface area contributed by atoms with Crippen molar-refractivity contribution in [3.63, 3.8) is 0 Å². The van der Waals surface area contributed by atoms with E-state index in [1.165, 1.54) is 12.3 Å². The number of nitrogens with one attached hydrogen (secondary N) is 1. The Morgan fingerprint density at radius 1 is 1.35 bits per heavy atom. The number of hydrogen-bond acceptors (Lipinski definition) is 5. The fourth-order valence-electron chi connectivity index (χ4n) is 2.03. The number of halogens is 1. The molecule has 0 radical (unpaired) electrons. The van der Waals surface area contributed by atoms with Gasteiger partial charge in [-0.1, -0.05) is 6.07 Å². The molecule has 1 aliphatic heterocycles. The van der Waals surface area contributed by atoms with Crippen LogP contribution in [0.15, 0.2) is 36.5 Å². The van der Waals surface area contributed by atoms with Crippen molar-refractivity contribution in [2.24, 2.45) is 0 Å². The second kappa shape index (κ2) is 5.94. The first-order valence-electron chi connectivity index (χ1n) is 6.40. The molecule has 1 fully saturated rings. The maximum Gasteiger partial charge on any atom is 0.238 e. The topological polar surface area (TPSA) is 56.3 Å². The highest BCUT2D eigenvalue weighted by atomic mass is 19.1. The Bertz CT molecular complexity index is 574. The van der Waals surface area contributed by atoms with Crippen LogP contribution in [0, 0.1) is 5.82 Å². The molecule has 0 bridgehead atoms. The molecule has 1 aromatic carbocycles. The quantitative estimate of drug-likeness (QED) is 0.929. The summed E-state index contributed by atoms with van der Waals surface area (Å²) >= 11 is 0. The van der Waals surface area contributed by atoms with Crippen molar-refractivity contribution in [1.82, 2.24) is 15.5 Å². The van der Waals surface area contributed by atoms with Crippen LogP contribution in [-0.4, -0.2) is 29.9 Å². The SMILES string of the molecule is Fc1ccc([C@@H]2CNCCO2)cc1Oc1cccnn1. The van der Waals surface area contributed by atoms with E-state index in [0.717, 1.165) is 12.1 Å². The summed E-state index contributed by atoms with van der Waals surface area (Å²) in [4.78, 5) is 0. The third kappa shape index (κ3) is 2.92. The van der Waals surface area contributed by atoms with Crippen molar-refractivity contribution in [3.8, 4) is 11.6 Å². The zero-order chi connectivity index (χ0) is 13.8. The van der Waals surface area contributed by atoms with E-state index < -0.39 is 5.82 Å². The first-order chi connectivity index (χ1) is 9.83. The Balaban J connectivity index is 1.83. The van der Waals surface area contributed by atoms with Gasteiger partial charge in [0.15, 0.2) is 11.6 Å². The molecule has 0 spiro atoms. The molecule has 5 nitrogen and oxygen atoms in total. The number of nitrogens with zero attached hydrogens (tertiary/aromatic N) is 2. The summed E-state index contributed by atoms with van der Waals surface area (Å²) in [7, 11) is 0. The second-order valence-corrected chi connectivity index (χ2v) is 4.42. The van der Waals surface area contributed by atoms with Gasteiger partial charge in [0, 0.05) is 25.4 Å². The van der Waals surface area contributed by atoms with Gasteiger partial charge in [0.1, 0.15) is 0 Å². The van der Waals surface area contributed by atoms with Crippen LogP contribution >= 0.6 is 0 Å². The lowest BCUT2D eigenvalue weighted by atomic mass is 10.1. The summed E-state index contributed by atoms with van der Waals surface area (Å²) in [6.07, 6.45) is 1.44.